The first kappa shape index (κ1) is 12.2. The van der Waals surface area contributed by atoms with Gasteiger partial charge in [0, 0.05) is 12.1 Å². The second kappa shape index (κ2) is 4.42. The molecule has 76 valence electrons. The smallest absolute Gasteiger partial charge is 0.263 e. The molecule has 0 aromatic heterocycles. The SMILES string of the molecule is C=C(C(=O)N(N)CCC)C(C)(C)C. The van der Waals surface area contributed by atoms with Crippen molar-refractivity contribution in [3.8, 4) is 0 Å². The zero-order valence-electron chi connectivity index (χ0n) is 9.05. The van der Waals surface area contributed by atoms with Gasteiger partial charge >= 0.3 is 0 Å². The molecule has 13 heavy (non-hydrogen) atoms. The van der Waals surface area contributed by atoms with Crippen LogP contribution in [0.1, 0.15) is 34.1 Å². The average Bonchev–Trinajstić information content (AvgIpc) is 2.00. The zero-order chi connectivity index (χ0) is 10.6. The lowest BCUT2D eigenvalue weighted by Gasteiger charge is -2.25. The van der Waals surface area contributed by atoms with Crippen LogP contribution in [0.2, 0.25) is 0 Å². The van der Waals surface area contributed by atoms with Crippen LogP contribution in [0.5, 0.6) is 0 Å². The first-order valence-electron chi connectivity index (χ1n) is 4.56. The fraction of sp³-hybridized carbons (Fsp3) is 0.700. The van der Waals surface area contributed by atoms with Crippen molar-refractivity contribution in [2.45, 2.75) is 34.1 Å². The van der Waals surface area contributed by atoms with E-state index in [9.17, 15) is 4.79 Å². The van der Waals surface area contributed by atoms with Crippen LogP contribution < -0.4 is 5.84 Å². The van der Waals surface area contributed by atoms with Crippen molar-refractivity contribution in [3.05, 3.63) is 12.2 Å². The fourth-order valence-corrected chi connectivity index (χ4v) is 0.837. The molecule has 0 unspecified atom stereocenters. The number of hydrogen-bond donors (Lipinski definition) is 1. The van der Waals surface area contributed by atoms with E-state index < -0.39 is 0 Å². The lowest BCUT2D eigenvalue weighted by molar-refractivity contribution is -0.128. The van der Waals surface area contributed by atoms with Gasteiger partial charge in [0.2, 0.25) is 0 Å². The third-order valence-corrected chi connectivity index (χ3v) is 1.89. The molecule has 0 aliphatic heterocycles. The van der Waals surface area contributed by atoms with Crippen molar-refractivity contribution >= 4 is 5.91 Å². The average molecular weight is 184 g/mol. The van der Waals surface area contributed by atoms with Gasteiger partial charge in [0.1, 0.15) is 0 Å². The highest BCUT2D eigenvalue weighted by Crippen LogP contribution is 2.24. The second-order valence-electron chi connectivity index (χ2n) is 4.23. The molecule has 0 aliphatic rings. The maximum absolute atomic E-state index is 11.6. The Hall–Kier alpha value is -0.830. The molecule has 2 N–H and O–H groups in total. The molecule has 0 aromatic rings. The number of hydrazine groups is 1. The van der Waals surface area contributed by atoms with Crippen molar-refractivity contribution < 1.29 is 4.79 Å². The summed E-state index contributed by atoms with van der Waals surface area (Å²) < 4.78 is 0. The number of nitrogens with zero attached hydrogens (tertiary/aromatic N) is 1. The molecular weight excluding hydrogens is 164 g/mol. The Balaban J connectivity index is 4.35. The molecule has 1 amide bonds. The Morgan fingerprint density at radius 1 is 1.46 bits per heavy atom. The Morgan fingerprint density at radius 3 is 2.23 bits per heavy atom. The van der Waals surface area contributed by atoms with E-state index in [1.54, 1.807) is 0 Å². The Labute approximate surface area is 80.6 Å². The van der Waals surface area contributed by atoms with Gasteiger partial charge in [0.25, 0.3) is 5.91 Å². The van der Waals surface area contributed by atoms with Gasteiger partial charge in [-0.2, -0.15) is 0 Å². The van der Waals surface area contributed by atoms with Crippen LogP contribution in [-0.4, -0.2) is 17.5 Å². The van der Waals surface area contributed by atoms with Gasteiger partial charge < -0.3 is 0 Å². The third-order valence-electron chi connectivity index (χ3n) is 1.89. The molecule has 0 aliphatic carbocycles. The van der Waals surface area contributed by atoms with Crippen LogP contribution in [0.25, 0.3) is 0 Å². The Morgan fingerprint density at radius 2 is 1.92 bits per heavy atom. The lowest BCUT2D eigenvalue weighted by atomic mass is 9.87. The molecule has 0 fully saturated rings. The summed E-state index contributed by atoms with van der Waals surface area (Å²) >= 11 is 0. The van der Waals surface area contributed by atoms with E-state index in [2.05, 4.69) is 6.58 Å². The monoisotopic (exact) mass is 184 g/mol. The van der Waals surface area contributed by atoms with Gasteiger partial charge in [-0.3, -0.25) is 9.80 Å². The molecular formula is C10H20N2O. The van der Waals surface area contributed by atoms with Crippen molar-refractivity contribution in [1.82, 2.24) is 5.01 Å². The van der Waals surface area contributed by atoms with E-state index in [-0.39, 0.29) is 11.3 Å². The minimum Gasteiger partial charge on any atom is -0.277 e. The van der Waals surface area contributed by atoms with Crippen molar-refractivity contribution in [3.63, 3.8) is 0 Å². The molecule has 0 bridgehead atoms. The van der Waals surface area contributed by atoms with Gasteiger partial charge in [-0.15, -0.1) is 0 Å². The molecule has 3 nitrogen and oxygen atoms in total. The quantitative estimate of drug-likeness (QED) is 0.314. The number of carbonyl (C=O) groups is 1. The van der Waals surface area contributed by atoms with Crippen molar-refractivity contribution in [2.24, 2.45) is 11.3 Å². The summed E-state index contributed by atoms with van der Waals surface area (Å²) in [4.78, 5) is 11.6. The van der Waals surface area contributed by atoms with E-state index in [0.717, 1.165) is 6.42 Å². The molecule has 0 rings (SSSR count). The third kappa shape index (κ3) is 3.59. The Kier molecular flexibility index (Phi) is 4.14. The van der Waals surface area contributed by atoms with Crippen LogP contribution in [0.3, 0.4) is 0 Å². The molecule has 0 aromatic carbocycles. The van der Waals surface area contributed by atoms with E-state index in [1.165, 1.54) is 5.01 Å². The molecule has 3 heteroatoms. The maximum Gasteiger partial charge on any atom is 0.263 e. The van der Waals surface area contributed by atoms with Gasteiger partial charge in [-0.1, -0.05) is 34.3 Å². The molecule has 0 radical (unpaired) electrons. The first-order chi connectivity index (χ1) is 5.80. The first-order valence-corrected chi connectivity index (χ1v) is 4.56. The summed E-state index contributed by atoms with van der Waals surface area (Å²) in [6.45, 7) is 12.2. The highest BCUT2D eigenvalue weighted by Gasteiger charge is 2.23. The van der Waals surface area contributed by atoms with Crippen molar-refractivity contribution in [2.75, 3.05) is 6.54 Å². The van der Waals surface area contributed by atoms with Crippen LogP contribution in [0, 0.1) is 5.41 Å². The minimum absolute atomic E-state index is 0.158. The van der Waals surface area contributed by atoms with E-state index in [0.29, 0.717) is 12.1 Å². The van der Waals surface area contributed by atoms with Gasteiger partial charge in [0.15, 0.2) is 0 Å². The van der Waals surface area contributed by atoms with E-state index in [1.807, 2.05) is 27.7 Å². The van der Waals surface area contributed by atoms with Crippen LogP contribution in [0.15, 0.2) is 12.2 Å². The molecule has 0 saturated carbocycles. The minimum atomic E-state index is -0.206. The topological polar surface area (TPSA) is 46.3 Å². The highest BCUT2D eigenvalue weighted by atomic mass is 16.2. The number of hydrogen-bond acceptors (Lipinski definition) is 2. The van der Waals surface area contributed by atoms with E-state index >= 15 is 0 Å². The number of carbonyl (C=O) groups excluding carboxylic acids is 1. The summed E-state index contributed by atoms with van der Waals surface area (Å²) in [7, 11) is 0. The molecule has 0 spiro atoms. The largest absolute Gasteiger partial charge is 0.277 e. The second-order valence-corrected chi connectivity index (χ2v) is 4.23. The number of nitrogens with two attached hydrogens (primary N) is 1. The van der Waals surface area contributed by atoms with Crippen LogP contribution in [0.4, 0.5) is 0 Å². The van der Waals surface area contributed by atoms with E-state index in [4.69, 9.17) is 5.84 Å². The molecule has 0 heterocycles. The lowest BCUT2D eigenvalue weighted by Crippen LogP contribution is -2.41. The van der Waals surface area contributed by atoms with Crippen LogP contribution in [-0.2, 0) is 4.79 Å². The normalized spacial score (nSPS) is 11.2. The molecule has 0 saturated heterocycles. The molecule has 0 atom stereocenters. The van der Waals surface area contributed by atoms with Crippen molar-refractivity contribution in [1.29, 1.82) is 0 Å². The predicted octanol–water partition coefficient (Wildman–Crippen LogP) is 1.70. The maximum atomic E-state index is 11.6. The number of rotatable bonds is 3. The summed E-state index contributed by atoms with van der Waals surface area (Å²) in [6, 6.07) is 0. The number of amides is 1. The van der Waals surface area contributed by atoms with Gasteiger partial charge in [-0.05, 0) is 11.8 Å². The predicted molar refractivity (Wildman–Crippen MR) is 54.8 cm³/mol. The van der Waals surface area contributed by atoms with Gasteiger partial charge in [-0.25, -0.2) is 5.84 Å². The highest BCUT2D eigenvalue weighted by molar-refractivity contribution is 5.93. The summed E-state index contributed by atoms with van der Waals surface area (Å²) in [6.07, 6.45) is 0.861. The van der Waals surface area contributed by atoms with Crippen LogP contribution >= 0.6 is 0 Å². The van der Waals surface area contributed by atoms with Gasteiger partial charge in [0.05, 0.1) is 0 Å². The zero-order valence-corrected chi connectivity index (χ0v) is 9.05. The Bertz CT molecular complexity index is 203. The standard InChI is InChI=1S/C10H20N2O/c1-6-7-12(11)9(13)8(2)10(3,4)5/h2,6-7,11H2,1,3-5H3. The summed E-state index contributed by atoms with van der Waals surface area (Å²) in [5, 5.41) is 1.23. The summed E-state index contributed by atoms with van der Waals surface area (Å²) in [5.41, 5.74) is 0.353. The summed E-state index contributed by atoms with van der Waals surface area (Å²) in [5.74, 6) is 5.39. The fourth-order valence-electron chi connectivity index (χ4n) is 0.837.